The SMILES string of the molecule is COc1cc(Cl)c(C)cc1NC(=O)COC(=O)c1cccn1C. The minimum absolute atomic E-state index is 0.373. The van der Waals surface area contributed by atoms with Gasteiger partial charge in [-0.2, -0.15) is 0 Å². The molecule has 23 heavy (non-hydrogen) atoms. The van der Waals surface area contributed by atoms with Crippen molar-refractivity contribution in [3.05, 3.63) is 46.7 Å². The van der Waals surface area contributed by atoms with Gasteiger partial charge in [0.15, 0.2) is 6.61 Å². The minimum atomic E-state index is -0.563. The molecule has 122 valence electrons. The summed E-state index contributed by atoms with van der Waals surface area (Å²) in [6.07, 6.45) is 1.72. The first-order valence-corrected chi connectivity index (χ1v) is 7.22. The molecule has 0 radical (unpaired) electrons. The number of aromatic nitrogens is 1. The second kappa shape index (κ2) is 7.19. The zero-order chi connectivity index (χ0) is 17.0. The Kier molecular flexibility index (Phi) is 5.28. The standard InChI is InChI=1S/C16H17ClN2O4/c1-10-7-12(14(22-3)8-11(10)17)18-15(20)9-23-16(21)13-5-4-6-19(13)2/h4-8H,9H2,1-3H3,(H,18,20). The number of anilines is 1. The fraction of sp³-hybridized carbons (Fsp3) is 0.250. The van der Waals surface area contributed by atoms with Gasteiger partial charge in [-0.1, -0.05) is 11.6 Å². The molecule has 0 aliphatic carbocycles. The number of methoxy groups -OCH3 is 1. The molecule has 0 saturated heterocycles. The molecule has 0 atom stereocenters. The van der Waals surface area contributed by atoms with Crippen LogP contribution in [-0.2, 0) is 16.6 Å². The van der Waals surface area contributed by atoms with E-state index in [2.05, 4.69) is 5.32 Å². The van der Waals surface area contributed by atoms with Crippen LogP contribution in [0.2, 0.25) is 5.02 Å². The van der Waals surface area contributed by atoms with Gasteiger partial charge >= 0.3 is 5.97 Å². The Balaban J connectivity index is 1.99. The molecule has 1 heterocycles. The number of halogens is 1. The highest BCUT2D eigenvalue weighted by molar-refractivity contribution is 6.31. The van der Waals surface area contributed by atoms with Crippen molar-refractivity contribution in [1.29, 1.82) is 0 Å². The van der Waals surface area contributed by atoms with Crippen molar-refractivity contribution in [2.45, 2.75) is 6.92 Å². The molecule has 0 unspecified atom stereocenters. The number of aryl methyl sites for hydroxylation is 2. The van der Waals surface area contributed by atoms with Crippen molar-refractivity contribution in [3.63, 3.8) is 0 Å². The zero-order valence-electron chi connectivity index (χ0n) is 13.1. The van der Waals surface area contributed by atoms with Crippen LogP contribution in [0.15, 0.2) is 30.5 Å². The van der Waals surface area contributed by atoms with Gasteiger partial charge in [0.25, 0.3) is 5.91 Å². The Morgan fingerprint density at radius 2 is 2.09 bits per heavy atom. The molecular weight excluding hydrogens is 320 g/mol. The predicted molar refractivity (Wildman–Crippen MR) is 87.1 cm³/mol. The number of nitrogens with one attached hydrogen (secondary N) is 1. The molecule has 1 aromatic heterocycles. The molecule has 7 heteroatoms. The molecule has 1 amide bonds. The highest BCUT2D eigenvalue weighted by Gasteiger charge is 2.14. The van der Waals surface area contributed by atoms with Gasteiger partial charge in [-0.05, 0) is 30.7 Å². The van der Waals surface area contributed by atoms with Gasteiger partial charge in [0.2, 0.25) is 0 Å². The Morgan fingerprint density at radius 3 is 2.70 bits per heavy atom. The molecule has 1 N–H and O–H groups in total. The highest BCUT2D eigenvalue weighted by Crippen LogP contribution is 2.30. The summed E-state index contributed by atoms with van der Waals surface area (Å²) in [5.41, 5.74) is 1.63. The number of carbonyl (C=O) groups is 2. The first kappa shape index (κ1) is 16.9. The largest absolute Gasteiger partial charge is 0.495 e. The molecule has 1 aromatic carbocycles. The highest BCUT2D eigenvalue weighted by atomic mass is 35.5. The summed E-state index contributed by atoms with van der Waals surface area (Å²) >= 11 is 6.01. The second-order valence-electron chi connectivity index (χ2n) is 4.93. The third-order valence-electron chi connectivity index (χ3n) is 3.24. The first-order valence-electron chi connectivity index (χ1n) is 6.85. The number of ether oxygens (including phenoxy) is 2. The molecule has 2 rings (SSSR count). The quantitative estimate of drug-likeness (QED) is 0.852. The van der Waals surface area contributed by atoms with E-state index in [0.717, 1.165) is 5.56 Å². The summed E-state index contributed by atoms with van der Waals surface area (Å²) in [6, 6.07) is 6.64. The van der Waals surface area contributed by atoms with Crippen molar-refractivity contribution in [2.75, 3.05) is 19.0 Å². The number of esters is 1. The summed E-state index contributed by atoms with van der Waals surface area (Å²) in [5.74, 6) is -0.595. The Morgan fingerprint density at radius 1 is 1.35 bits per heavy atom. The summed E-state index contributed by atoms with van der Waals surface area (Å²) in [4.78, 5) is 23.8. The van der Waals surface area contributed by atoms with E-state index in [1.165, 1.54) is 7.11 Å². The topological polar surface area (TPSA) is 69.6 Å². The van der Waals surface area contributed by atoms with E-state index in [0.29, 0.717) is 22.2 Å². The van der Waals surface area contributed by atoms with Crippen molar-refractivity contribution in [1.82, 2.24) is 4.57 Å². The van der Waals surface area contributed by atoms with E-state index in [1.807, 2.05) is 6.92 Å². The van der Waals surface area contributed by atoms with E-state index in [4.69, 9.17) is 21.1 Å². The number of hydrogen-bond donors (Lipinski definition) is 1. The average Bonchev–Trinajstić information content (AvgIpc) is 2.94. The fourth-order valence-electron chi connectivity index (χ4n) is 1.99. The van der Waals surface area contributed by atoms with E-state index < -0.39 is 18.5 Å². The van der Waals surface area contributed by atoms with Crippen molar-refractivity contribution < 1.29 is 19.1 Å². The van der Waals surface area contributed by atoms with Crippen LogP contribution in [-0.4, -0.2) is 30.2 Å². The maximum atomic E-state index is 12.0. The first-order chi connectivity index (χ1) is 10.9. The Bertz CT molecular complexity index is 740. The van der Waals surface area contributed by atoms with Crippen LogP contribution in [0.4, 0.5) is 5.69 Å². The van der Waals surface area contributed by atoms with E-state index >= 15 is 0 Å². The zero-order valence-corrected chi connectivity index (χ0v) is 13.8. The maximum Gasteiger partial charge on any atom is 0.355 e. The number of amides is 1. The molecule has 0 aliphatic heterocycles. The molecule has 0 spiro atoms. The van der Waals surface area contributed by atoms with Crippen LogP contribution in [0, 0.1) is 6.92 Å². The summed E-state index contributed by atoms with van der Waals surface area (Å²) in [6.45, 7) is 1.42. The lowest BCUT2D eigenvalue weighted by molar-refractivity contribution is -0.119. The lowest BCUT2D eigenvalue weighted by Crippen LogP contribution is -2.22. The summed E-state index contributed by atoms with van der Waals surface area (Å²) < 4.78 is 11.8. The smallest absolute Gasteiger partial charge is 0.355 e. The van der Waals surface area contributed by atoms with Gasteiger partial charge < -0.3 is 19.4 Å². The van der Waals surface area contributed by atoms with Gasteiger partial charge in [-0.15, -0.1) is 0 Å². The average molecular weight is 337 g/mol. The van der Waals surface area contributed by atoms with E-state index in [9.17, 15) is 9.59 Å². The fourth-order valence-corrected chi connectivity index (χ4v) is 2.15. The third-order valence-corrected chi connectivity index (χ3v) is 3.65. The number of benzene rings is 1. The van der Waals surface area contributed by atoms with Crippen LogP contribution in [0.5, 0.6) is 5.75 Å². The number of rotatable bonds is 5. The summed E-state index contributed by atoms with van der Waals surface area (Å²) in [5, 5.41) is 3.18. The van der Waals surface area contributed by atoms with Crippen molar-refractivity contribution in [2.24, 2.45) is 7.05 Å². The molecule has 0 fully saturated rings. The van der Waals surface area contributed by atoms with Gasteiger partial charge in [0.1, 0.15) is 11.4 Å². The van der Waals surface area contributed by atoms with Gasteiger partial charge in [-0.3, -0.25) is 4.79 Å². The Hall–Kier alpha value is -2.47. The Labute approximate surface area is 139 Å². The molecule has 6 nitrogen and oxygen atoms in total. The lowest BCUT2D eigenvalue weighted by Gasteiger charge is -2.12. The maximum absolute atomic E-state index is 12.0. The molecule has 0 saturated carbocycles. The van der Waals surface area contributed by atoms with E-state index in [-0.39, 0.29) is 0 Å². The predicted octanol–water partition coefficient (Wildman–Crippen LogP) is 2.79. The number of hydrogen-bond acceptors (Lipinski definition) is 4. The minimum Gasteiger partial charge on any atom is -0.495 e. The monoisotopic (exact) mass is 336 g/mol. The van der Waals surface area contributed by atoms with Crippen LogP contribution in [0.1, 0.15) is 16.1 Å². The van der Waals surface area contributed by atoms with E-state index in [1.54, 1.807) is 42.1 Å². The summed E-state index contributed by atoms with van der Waals surface area (Å²) in [7, 11) is 3.20. The van der Waals surface area contributed by atoms with Crippen LogP contribution >= 0.6 is 11.6 Å². The second-order valence-corrected chi connectivity index (χ2v) is 5.34. The lowest BCUT2D eigenvalue weighted by atomic mass is 10.2. The molecule has 0 bridgehead atoms. The van der Waals surface area contributed by atoms with Gasteiger partial charge in [0, 0.05) is 24.3 Å². The van der Waals surface area contributed by atoms with Crippen molar-refractivity contribution in [3.8, 4) is 5.75 Å². The molecule has 0 aliphatic rings. The molecule has 2 aromatic rings. The van der Waals surface area contributed by atoms with Crippen molar-refractivity contribution >= 4 is 29.2 Å². The number of carbonyl (C=O) groups excluding carboxylic acids is 2. The van der Waals surface area contributed by atoms with Gasteiger partial charge in [-0.25, -0.2) is 4.79 Å². The van der Waals surface area contributed by atoms with Crippen LogP contribution < -0.4 is 10.1 Å². The molecular formula is C16H17ClN2O4. The normalized spacial score (nSPS) is 10.3. The third kappa shape index (κ3) is 4.04. The van der Waals surface area contributed by atoms with Crippen LogP contribution in [0.25, 0.3) is 0 Å². The van der Waals surface area contributed by atoms with Gasteiger partial charge in [0.05, 0.1) is 12.8 Å². The van der Waals surface area contributed by atoms with Crippen LogP contribution in [0.3, 0.4) is 0 Å². The number of nitrogens with zero attached hydrogens (tertiary/aromatic N) is 1.